The number of nitrogens with zero attached hydrogens (tertiary/aromatic N) is 3. The number of thioether (sulfide) groups is 1. The minimum atomic E-state index is -0.484. The Morgan fingerprint density at radius 3 is 2.83 bits per heavy atom. The van der Waals surface area contributed by atoms with Gasteiger partial charge in [0.1, 0.15) is 0 Å². The maximum Gasteiger partial charge on any atom is 0.328 e. The number of hydrogen-bond donors (Lipinski definition) is 2. The molecule has 0 aromatic carbocycles. The van der Waals surface area contributed by atoms with Crippen LogP contribution in [-0.4, -0.2) is 37.5 Å². The second kappa shape index (κ2) is 9.73. The van der Waals surface area contributed by atoms with Gasteiger partial charge in [-0.15, -0.1) is 16.8 Å². The molecule has 2 N–H and O–H groups in total. The first kappa shape index (κ1) is 21.1. The number of carbonyl (C=O) groups is 1. The molecule has 0 bridgehead atoms. The number of aromatic nitrogens is 4. The lowest BCUT2D eigenvalue weighted by atomic mass is 9.95. The molecule has 10 heteroatoms. The number of rotatable bonds is 8. The monoisotopic (exact) mass is 419 g/mol. The highest BCUT2D eigenvalue weighted by atomic mass is 32.2. The zero-order valence-corrected chi connectivity index (χ0v) is 17.2. The first-order chi connectivity index (χ1) is 14.0. The van der Waals surface area contributed by atoms with Gasteiger partial charge < -0.3 is 14.7 Å². The van der Waals surface area contributed by atoms with Crippen molar-refractivity contribution in [1.82, 2.24) is 25.1 Å². The van der Waals surface area contributed by atoms with E-state index in [1.807, 2.05) is 0 Å². The third kappa shape index (κ3) is 5.47. The summed E-state index contributed by atoms with van der Waals surface area (Å²) in [7, 11) is 0. The molecule has 0 aliphatic heterocycles. The van der Waals surface area contributed by atoms with Gasteiger partial charge in [-0.25, -0.2) is 4.79 Å². The molecule has 0 unspecified atom stereocenters. The Balaban J connectivity index is 1.61. The Bertz CT molecular complexity index is 987. The van der Waals surface area contributed by atoms with Gasteiger partial charge in [-0.1, -0.05) is 37.1 Å². The summed E-state index contributed by atoms with van der Waals surface area (Å²) < 4.78 is 6.63. The first-order valence-corrected chi connectivity index (χ1v) is 10.6. The third-order valence-electron chi connectivity index (χ3n) is 4.88. The number of allylic oxidation sites excluding steroid dienone is 1. The predicted molar refractivity (Wildman–Crippen MR) is 109 cm³/mol. The van der Waals surface area contributed by atoms with E-state index in [-0.39, 0.29) is 41.8 Å². The molecule has 156 valence electrons. The van der Waals surface area contributed by atoms with Crippen molar-refractivity contribution in [2.45, 2.75) is 63.3 Å². The number of carbonyl (C=O) groups excluding carboxylic acids is 1. The normalized spacial score (nSPS) is 14.7. The van der Waals surface area contributed by atoms with Crippen molar-refractivity contribution < 1.29 is 9.21 Å². The zero-order valence-electron chi connectivity index (χ0n) is 16.4. The van der Waals surface area contributed by atoms with E-state index < -0.39 is 11.2 Å². The van der Waals surface area contributed by atoms with Crippen molar-refractivity contribution in [3.8, 4) is 0 Å². The van der Waals surface area contributed by atoms with E-state index in [1.54, 1.807) is 6.92 Å². The summed E-state index contributed by atoms with van der Waals surface area (Å²) >= 11 is 1.16. The number of aryl methyl sites for hydroxylation is 1. The highest BCUT2D eigenvalue weighted by Crippen LogP contribution is 2.19. The number of hydrogen-bond acceptors (Lipinski definition) is 7. The average Bonchev–Trinajstić information content (AvgIpc) is 3.15. The van der Waals surface area contributed by atoms with E-state index in [0.717, 1.165) is 42.0 Å². The van der Waals surface area contributed by atoms with Crippen molar-refractivity contribution in [3.63, 3.8) is 0 Å². The molecule has 1 saturated carbocycles. The Morgan fingerprint density at radius 1 is 1.34 bits per heavy atom. The van der Waals surface area contributed by atoms with Crippen LogP contribution in [-0.2, 0) is 17.8 Å². The average molecular weight is 420 g/mol. The Kier molecular flexibility index (Phi) is 7.08. The summed E-state index contributed by atoms with van der Waals surface area (Å²) in [5.74, 6) is 0.394. The van der Waals surface area contributed by atoms with E-state index in [0.29, 0.717) is 11.3 Å². The quantitative estimate of drug-likeness (QED) is 0.491. The molecule has 0 radical (unpaired) electrons. The van der Waals surface area contributed by atoms with Gasteiger partial charge in [0, 0.05) is 23.8 Å². The molecule has 2 heterocycles. The second-order valence-corrected chi connectivity index (χ2v) is 7.99. The van der Waals surface area contributed by atoms with Crippen LogP contribution in [0.5, 0.6) is 0 Å². The lowest BCUT2D eigenvalue weighted by Crippen LogP contribution is -2.37. The molecule has 1 aliphatic carbocycles. The van der Waals surface area contributed by atoms with Crippen molar-refractivity contribution >= 4 is 17.7 Å². The van der Waals surface area contributed by atoms with E-state index >= 15 is 0 Å². The second-order valence-electron chi connectivity index (χ2n) is 7.07. The highest BCUT2D eigenvalue weighted by molar-refractivity contribution is 7.99. The summed E-state index contributed by atoms with van der Waals surface area (Å²) in [5.41, 5.74) is -0.0615. The molecule has 0 saturated heterocycles. The fourth-order valence-corrected chi connectivity index (χ4v) is 3.98. The van der Waals surface area contributed by atoms with E-state index in [2.05, 4.69) is 27.1 Å². The Labute approximate surface area is 172 Å². The van der Waals surface area contributed by atoms with Crippen LogP contribution in [0.4, 0.5) is 0 Å². The van der Waals surface area contributed by atoms with Crippen LogP contribution in [0.3, 0.4) is 0 Å². The number of amides is 1. The maximum absolute atomic E-state index is 12.6. The summed E-state index contributed by atoms with van der Waals surface area (Å²) in [6.07, 6.45) is 7.19. The maximum atomic E-state index is 12.6. The minimum absolute atomic E-state index is 0.0505. The standard InChI is InChI=1S/C19H25N5O4S/c1-3-9-24-17(26)14(12(2)20-18(24)27)10-16-22-23-19(28-16)29-11-15(25)21-13-7-5-4-6-8-13/h3,13H,1,4-11H2,2H3,(H,20,27)(H,21,25). The van der Waals surface area contributed by atoms with Gasteiger partial charge in [0.05, 0.1) is 12.2 Å². The van der Waals surface area contributed by atoms with Crippen LogP contribution >= 0.6 is 11.8 Å². The molecular formula is C19H25N5O4S. The van der Waals surface area contributed by atoms with Crippen LogP contribution in [0.1, 0.15) is 49.3 Å². The van der Waals surface area contributed by atoms with Gasteiger partial charge in [-0.05, 0) is 19.8 Å². The third-order valence-corrected chi connectivity index (χ3v) is 5.70. The highest BCUT2D eigenvalue weighted by Gasteiger charge is 2.18. The molecule has 0 atom stereocenters. The SMILES string of the molecule is C=CCn1c(=O)[nH]c(C)c(Cc2nnc(SCC(=O)NC3CCCCC3)o2)c1=O. The van der Waals surface area contributed by atoms with Gasteiger partial charge in [0.2, 0.25) is 11.8 Å². The summed E-state index contributed by atoms with van der Waals surface area (Å²) in [4.78, 5) is 39.2. The molecule has 1 fully saturated rings. The topological polar surface area (TPSA) is 123 Å². The van der Waals surface area contributed by atoms with Crippen molar-refractivity contribution in [3.05, 3.63) is 50.6 Å². The Hall–Kier alpha value is -2.62. The van der Waals surface area contributed by atoms with Crippen LogP contribution < -0.4 is 16.6 Å². The summed E-state index contributed by atoms with van der Waals surface area (Å²) in [6, 6.07) is 0.260. The summed E-state index contributed by atoms with van der Waals surface area (Å²) in [6.45, 7) is 5.32. The molecular weight excluding hydrogens is 394 g/mol. The molecule has 0 spiro atoms. The Morgan fingerprint density at radius 2 is 2.10 bits per heavy atom. The van der Waals surface area contributed by atoms with Gasteiger partial charge in [0.15, 0.2) is 0 Å². The van der Waals surface area contributed by atoms with Crippen LogP contribution in [0, 0.1) is 6.92 Å². The van der Waals surface area contributed by atoms with E-state index in [9.17, 15) is 14.4 Å². The first-order valence-electron chi connectivity index (χ1n) is 9.66. The lowest BCUT2D eigenvalue weighted by molar-refractivity contribution is -0.119. The smallest absolute Gasteiger partial charge is 0.328 e. The number of nitrogens with one attached hydrogen (secondary N) is 2. The van der Waals surface area contributed by atoms with E-state index in [1.165, 1.54) is 12.5 Å². The lowest BCUT2D eigenvalue weighted by Gasteiger charge is -2.22. The van der Waals surface area contributed by atoms with Crippen LogP contribution in [0.25, 0.3) is 0 Å². The van der Waals surface area contributed by atoms with Crippen molar-refractivity contribution in [2.24, 2.45) is 0 Å². The largest absolute Gasteiger partial charge is 0.416 e. The van der Waals surface area contributed by atoms with E-state index in [4.69, 9.17) is 4.42 Å². The summed E-state index contributed by atoms with van der Waals surface area (Å²) in [5, 5.41) is 11.2. The minimum Gasteiger partial charge on any atom is -0.416 e. The van der Waals surface area contributed by atoms with Gasteiger partial charge in [-0.2, -0.15) is 0 Å². The van der Waals surface area contributed by atoms with Gasteiger partial charge in [-0.3, -0.25) is 14.2 Å². The number of H-pyrrole nitrogens is 1. The molecule has 2 aromatic rings. The molecule has 2 aromatic heterocycles. The molecule has 9 nitrogen and oxygen atoms in total. The van der Waals surface area contributed by atoms with Gasteiger partial charge >= 0.3 is 5.69 Å². The van der Waals surface area contributed by atoms with Crippen LogP contribution in [0.2, 0.25) is 0 Å². The van der Waals surface area contributed by atoms with Crippen LogP contribution in [0.15, 0.2) is 31.9 Å². The van der Waals surface area contributed by atoms with Crippen molar-refractivity contribution in [1.29, 1.82) is 0 Å². The molecule has 1 amide bonds. The molecule has 3 rings (SSSR count). The molecule has 29 heavy (non-hydrogen) atoms. The van der Waals surface area contributed by atoms with Crippen molar-refractivity contribution in [2.75, 3.05) is 5.75 Å². The fraction of sp³-hybridized carbons (Fsp3) is 0.526. The molecule has 1 aliphatic rings. The van der Waals surface area contributed by atoms with Gasteiger partial charge in [0.25, 0.3) is 10.8 Å². The zero-order chi connectivity index (χ0) is 20.8. The number of aromatic amines is 1. The predicted octanol–water partition coefficient (Wildman–Crippen LogP) is 1.55. The fourth-order valence-electron chi connectivity index (χ4n) is 3.38.